The summed E-state index contributed by atoms with van der Waals surface area (Å²) in [6.07, 6.45) is 1.29. The van der Waals surface area contributed by atoms with Crippen LogP contribution in [0.25, 0.3) is 0 Å². The number of amides is 1. The molecule has 0 spiro atoms. The van der Waals surface area contributed by atoms with E-state index < -0.39 is 0 Å². The number of carbonyl (C=O) groups is 1. The lowest BCUT2D eigenvalue weighted by molar-refractivity contribution is -0.118. The van der Waals surface area contributed by atoms with E-state index in [-0.39, 0.29) is 12.5 Å². The van der Waals surface area contributed by atoms with E-state index >= 15 is 0 Å². The largest absolute Gasteiger partial charge is 0.484 e. The van der Waals surface area contributed by atoms with E-state index in [1.165, 1.54) is 23.5 Å². The standard InChI is InChI=1S/C19H20INO2S2/c1-13-11-15(20)5-8-17(13)21-18(22)12-23-16-6-3-14(4-7-16)19-24-9-2-10-25-19/h3-8,11,19H,2,9-10,12H2,1H3,(H,21,22). The van der Waals surface area contributed by atoms with Gasteiger partial charge in [-0.2, -0.15) is 0 Å². The second-order valence-corrected chi connectivity index (χ2v) is 9.76. The van der Waals surface area contributed by atoms with E-state index in [1.54, 1.807) is 0 Å². The van der Waals surface area contributed by atoms with Gasteiger partial charge in [-0.25, -0.2) is 0 Å². The fraction of sp³-hybridized carbons (Fsp3) is 0.316. The zero-order chi connectivity index (χ0) is 17.6. The molecule has 3 nitrogen and oxygen atoms in total. The van der Waals surface area contributed by atoms with Gasteiger partial charge in [-0.05, 0) is 88.9 Å². The number of halogens is 1. The van der Waals surface area contributed by atoms with Gasteiger partial charge in [0.2, 0.25) is 0 Å². The topological polar surface area (TPSA) is 38.3 Å². The minimum atomic E-state index is -0.147. The third-order valence-electron chi connectivity index (χ3n) is 3.81. The van der Waals surface area contributed by atoms with Crippen LogP contribution in [0.5, 0.6) is 5.75 Å². The number of carbonyl (C=O) groups excluding carboxylic acids is 1. The van der Waals surface area contributed by atoms with E-state index in [1.807, 2.05) is 60.8 Å². The number of ether oxygens (including phenoxy) is 1. The Balaban J connectivity index is 1.51. The third-order valence-corrected chi connectivity index (χ3v) is 7.50. The molecule has 0 aliphatic carbocycles. The Kier molecular flexibility index (Phi) is 6.95. The Morgan fingerprint density at radius 1 is 1.20 bits per heavy atom. The molecule has 0 radical (unpaired) electrons. The molecule has 25 heavy (non-hydrogen) atoms. The number of thioether (sulfide) groups is 2. The minimum Gasteiger partial charge on any atom is -0.484 e. The second kappa shape index (κ2) is 9.19. The molecular formula is C19H20INO2S2. The maximum Gasteiger partial charge on any atom is 0.262 e. The molecule has 2 aromatic carbocycles. The highest BCUT2D eigenvalue weighted by Crippen LogP contribution is 2.43. The van der Waals surface area contributed by atoms with Crippen LogP contribution >= 0.6 is 46.1 Å². The van der Waals surface area contributed by atoms with Crippen molar-refractivity contribution in [3.63, 3.8) is 0 Å². The van der Waals surface area contributed by atoms with Gasteiger partial charge in [0.25, 0.3) is 5.91 Å². The van der Waals surface area contributed by atoms with E-state index in [4.69, 9.17) is 4.74 Å². The Morgan fingerprint density at radius 2 is 1.92 bits per heavy atom. The van der Waals surface area contributed by atoms with Crippen molar-refractivity contribution in [3.05, 3.63) is 57.2 Å². The molecule has 1 aliphatic rings. The van der Waals surface area contributed by atoms with Gasteiger partial charge in [0.05, 0.1) is 4.58 Å². The summed E-state index contributed by atoms with van der Waals surface area (Å²) in [5.74, 6) is 3.04. The summed E-state index contributed by atoms with van der Waals surface area (Å²) in [4.78, 5) is 12.1. The summed E-state index contributed by atoms with van der Waals surface area (Å²) in [6.45, 7) is 2.00. The number of nitrogens with one attached hydrogen (secondary N) is 1. The molecule has 6 heteroatoms. The van der Waals surface area contributed by atoms with Crippen molar-refractivity contribution in [2.45, 2.75) is 17.9 Å². The first-order valence-corrected chi connectivity index (χ1v) is 11.3. The summed E-state index contributed by atoms with van der Waals surface area (Å²) < 4.78 is 7.29. The number of benzene rings is 2. The molecular weight excluding hydrogens is 465 g/mol. The lowest BCUT2D eigenvalue weighted by Crippen LogP contribution is -2.20. The first kappa shape index (κ1) is 18.9. The van der Waals surface area contributed by atoms with Crippen molar-refractivity contribution < 1.29 is 9.53 Å². The lowest BCUT2D eigenvalue weighted by Gasteiger charge is -2.21. The maximum atomic E-state index is 12.1. The average molecular weight is 485 g/mol. The van der Waals surface area contributed by atoms with Crippen molar-refractivity contribution in [2.24, 2.45) is 0 Å². The van der Waals surface area contributed by atoms with Crippen LogP contribution in [-0.4, -0.2) is 24.0 Å². The SMILES string of the molecule is Cc1cc(I)ccc1NC(=O)COc1ccc(C2SCCCS2)cc1. The van der Waals surface area contributed by atoms with Crippen LogP contribution in [0.4, 0.5) is 5.69 Å². The van der Waals surface area contributed by atoms with Gasteiger partial charge in [0.1, 0.15) is 5.75 Å². The molecule has 0 saturated carbocycles. The van der Waals surface area contributed by atoms with E-state index in [0.717, 1.165) is 20.6 Å². The molecule has 1 N–H and O–H groups in total. The van der Waals surface area contributed by atoms with Gasteiger partial charge in [-0.15, -0.1) is 23.5 Å². The van der Waals surface area contributed by atoms with Crippen molar-refractivity contribution >= 4 is 57.7 Å². The van der Waals surface area contributed by atoms with Crippen LogP contribution in [0.2, 0.25) is 0 Å². The van der Waals surface area contributed by atoms with Gasteiger partial charge in [0.15, 0.2) is 6.61 Å². The predicted octanol–water partition coefficient (Wildman–Crippen LogP) is 5.49. The molecule has 0 atom stereocenters. The maximum absolute atomic E-state index is 12.1. The van der Waals surface area contributed by atoms with Gasteiger partial charge in [0, 0.05) is 9.26 Å². The Hall–Kier alpha value is -0.860. The average Bonchev–Trinajstić information content (AvgIpc) is 2.63. The molecule has 132 valence electrons. The molecule has 0 bridgehead atoms. The van der Waals surface area contributed by atoms with Crippen molar-refractivity contribution in [1.82, 2.24) is 0 Å². The van der Waals surface area contributed by atoms with Crippen molar-refractivity contribution in [3.8, 4) is 5.75 Å². The first-order chi connectivity index (χ1) is 12.1. The second-order valence-electron chi connectivity index (χ2n) is 5.79. The van der Waals surface area contributed by atoms with E-state index in [9.17, 15) is 4.79 Å². The Bertz CT molecular complexity index is 731. The van der Waals surface area contributed by atoms with Crippen LogP contribution in [-0.2, 0) is 4.79 Å². The number of hydrogen-bond donors (Lipinski definition) is 1. The summed E-state index contributed by atoms with van der Waals surface area (Å²) in [5, 5.41) is 2.90. The van der Waals surface area contributed by atoms with Gasteiger partial charge >= 0.3 is 0 Å². The van der Waals surface area contributed by atoms with Crippen LogP contribution in [0, 0.1) is 10.5 Å². The van der Waals surface area contributed by atoms with Crippen LogP contribution in [0.15, 0.2) is 42.5 Å². The fourth-order valence-corrected chi connectivity index (χ4v) is 6.05. The molecule has 1 heterocycles. The highest BCUT2D eigenvalue weighted by molar-refractivity contribution is 14.1. The minimum absolute atomic E-state index is 0.0116. The zero-order valence-corrected chi connectivity index (χ0v) is 17.7. The lowest BCUT2D eigenvalue weighted by atomic mass is 10.2. The van der Waals surface area contributed by atoms with Crippen LogP contribution in [0.1, 0.15) is 22.1 Å². The number of rotatable bonds is 5. The monoisotopic (exact) mass is 485 g/mol. The van der Waals surface area contributed by atoms with Gasteiger partial charge in [-0.3, -0.25) is 4.79 Å². The highest BCUT2D eigenvalue weighted by atomic mass is 127. The molecule has 2 aromatic rings. The van der Waals surface area contributed by atoms with E-state index in [2.05, 4.69) is 40.0 Å². The fourth-order valence-electron chi connectivity index (χ4n) is 2.50. The third kappa shape index (κ3) is 5.56. The molecule has 0 unspecified atom stereocenters. The summed E-state index contributed by atoms with van der Waals surface area (Å²) in [7, 11) is 0. The van der Waals surface area contributed by atoms with Gasteiger partial charge < -0.3 is 10.1 Å². The number of hydrogen-bond acceptors (Lipinski definition) is 4. The normalized spacial score (nSPS) is 15.0. The van der Waals surface area contributed by atoms with Crippen LogP contribution < -0.4 is 10.1 Å². The zero-order valence-electron chi connectivity index (χ0n) is 14.0. The quantitative estimate of drug-likeness (QED) is 0.569. The first-order valence-electron chi connectivity index (χ1n) is 8.14. The van der Waals surface area contributed by atoms with Crippen LogP contribution in [0.3, 0.4) is 0 Å². The summed E-state index contributed by atoms with van der Waals surface area (Å²) >= 11 is 6.26. The molecule has 0 aromatic heterocycles. The predicted molar refractivity (Wildman–Crippen MR) is 117 cm³/mol. The smallest absolute Gasteiger partial charge is 0.262 e. The molecule has 1 fully saturated rings. The summed E-state index contributed by atoms with van der Waals surface area (Å²) in [6, 6.07) is 14.0. The van der Waals surface area contributed by atoms with Gasteiger partial charge in [-0.1, -0.05) is 12.1 Å². The molecule has 3 rings (SSSR count). The van der Waals surface area contributed by atoms with E-state index in [0.29, 0.717) is 4.58 Å². The van der Waals surface area contributed by atoms with Crippen molar-refractivity contribution in [1.29, 1.82) is 0 Å². The number of anilines is 1. The molecule has 1 saturated heterocycles. The Morgan fingerprint density at radius 3 is 2.60 bits per heavy atom. The summed E-state index contributed by atoms with van der Waals surface area (Å²) in [5.41, 5.74) is 3.20. The molecule has 1 amide bonds. The molecule has 1 aliphatic heterocycles. The Labute approximate surface area is 170 Å². The highest BCUT2D eigenvalue weighted by Gasteiger charge is 2.16. The van der Waals surface area contributed by atoms with Crippen molar-refractivity contribution in [2.75, 3.05) is 23.4 Å². The number of aryl methyl sites for hydroxylation is 1.